The number of aromatic hydroxyl groups is 1. The Labute approximate surface area is 213 Å². The molecule has 4 aromatic rings. The molecule has 0 aliphatic heterocycles. The molecule has 1 aromatic heterocycles. The maximum Gasteiger partial charge on any atom is 0.513 e. The minimum atomic E-state index is -4.30. The van der Waals surface area contributed by atoms with Gasteiger partial charge in [-0.15, -0.1) is 0 Å². The van der Waals surface area contributed by atoms with Gasteiger partial charge in [0.05, 0.1) is 7.11 Å². The molecular formula is C27H26NO8P. The summed E-state index contributed by atoms with van der Waals surface area (Å²) in [7, 11) is -3.08. The molecule has 10 heteroatoms. The number of hydrogen-bond donors (Lipinski definition) is 2. The van der Waals surface area contributed by atoms with E-state index in [9.17, 15) is 19.3 Å². The van der Waals surface area contributed by atoms with E-state index in [4.69, 9.17) is 18.2 Å². The Kier molecular flexibility index (Phi) is 7.66. The summed E-state index contributed by atoms with van der Waals surface area (Å²) >= 11 is 0. The van der Waals surface area contributed by atoms with Crippen LogP contribution in [0.15, 0.2) is 88.1 Å². The molecule has 0 aliphatic carbocycles. The highest BCUT2D eigenvalue weighted by Gasteiger charge is 2.37. The maximum absolute atomic E-state index is 14.0. The Morgan fingerprint density at radius 1 is 0.946 bits per heavy atom. The number of hydrogen-bond acceptors (Lipinski definition) is 8. The summed E-state index contributed by atoms with van der Waals surface area (Å²) < 4.78 is 36.1. The normalized spacial score (nSPS) is 13.6. The van der Waals surface area contributed by atoms with Crippen LogP contribution in [0.2, 0.25) is 0 Å². The zero-order valence-corrected chi connectivity index (χ0v) is 21.3. The molecule has 0 saturated heterocycles. The molecule has 0 saturated carbocycles. The molecule has 0 bridgehead atoms. The first kappa shape index (κ1) is 26.0. The van der Waals surface area contributed by atoms with Crippen molar-refractivity contribution in [3.63, 3.8) is 0 Å². The second-order valence-electron chi connectivity index (χ2n) is 8.52. The first-order chi connectivity index (χ1) is 17.7. The fourth-order valence-electron chi connectivity index (χ4n) is 3.64. The van der Waals surface area contributed by atoms with Gasteiger partial charge in [-0.25, -0.2) is 4.57 Å². The lowest BCUT2D eigenvalue weighted by atomic mass is 10.1. The molecule has 0 aliphatic rings. The molecule has 0 fully saturated rings. The standard InChI is InChI=1S/C27H26NO8P/c1-17(2)26(27(31)33-3)28-37(32,35-19-12-8-5-9-13-19)36-20-14-21(29)25-22(30)16-23(34-24(25)15-20)18-10-6-4-7-11-18/h4-17,26,29H,1-3H3,(H,28,32)/t26-,37?/m0/s1. The van der Waals surface area contributed by atoms with Crippen LogP contribution in [0, 0.1) is 5.92 Å². The molecule has 2 atom stereocenters. The predicted molar refractivity (Wildman–Crippen MR) is 139 cm³/mol. The molecule has 9 nitrogen and oxygen atoms in total. The lowest BCUT2D eigenvalue weighted by Gasteiger charge is -2.26. The molecular weight excluding hydrogens is 497 g/mol. The van der Waals surface area contributed by atoms with Crippen LogP contribution >= 0.6 is 7.75 Å². The van der Waals surface area contributed by atoms with Gasteiger partial charge in [0.25, 0.3) is 0 Å². The molecule has 0 spiro atoms. The van der Waals surface area contributed by atoms with Gasteiger partial charge < -0.3 is 23.3 Å². The molecule has 1 heterocycles. The third kappa shape index (κ3) is 6.02. The van der Waals surface area contributed by atoms with Crippen molar-refractivity contribution in [1.82, 2.24) is 5.09 Å². The quantitative estimate of drug-likeness (QED) is 0.216. The number of fused-ring (bicyclic) bond motifs is 1. The van der Waals surface area contributed by atoms with Gasteiger partial charge in [0.15, 0.2) is 5.43 Å². The Bertz CT molecular complexity index is 1500. The highest BCUT2D eigenvalue weighted by Crippen LogP contribution is 2.47. The summed E-state index contributed by atoms with van der Waals surface area (Å²) in [5.41, 5.74) is 0.211. The second-order valence-corrected chi connectivity index (χ2v) is 10.1. The summed E-state index contributed by atoms with van der Waals surface area (Å²) in [6.45, 7) is 3.48. The van der Waals surface area contributed by atoms with Crippen molar-refractivity contribution in [3.8, 4) is 28.6 Å². The van der Waals surface area contributed by atoms with Crippen LogP contribution in [0.25, 0.3) is 22.3 Å². The molecule has 4 rings (SSSR count). The number of nitrogens with one attached hydrogen (secondary N) is 1. The lowest BCUT2D eigenvalue weighted by molar-refractivity contribution is -0.143. The van der Waals surface area contributed by atoms with Crippen LogP contribution in [0.3, 0.4) is 0 Å². The Balaban J connectivity index is 1.77. The van der Waals surface area contributed by atoms with Crippen LogP contribution in [0.1, 0.15) is 13.8 Å². The number of carbonyl (C=O) groups is 1. The summed E-state index contributed by atoms with van der Waals surface area (Å²) in [5.74, 6) is -1.04. The number of rotatable bonds is 9. The fourth-order valence-corrected chi connectivity index (χ4v) is 5.31. The van der Waals surface area contributed by atoms with E-state index in [0.717, 1.165) is 6.07 Å². The number of methoxy groups -OCH3 is 1. The summed E-state index contributed by atoms with van der Waals surface area (Å²) in [6, 6.07) is 19.9. The van der Waals surface area contributed by atoms with E-state index in [1.807, 2.05) is 6.07 Å². The molecule has 3 aromatic carbocycles. The number of esters is 1. The topological polar surface area (TPSA) is 124 Å². The number of benzene rings is 3. The monoisotopic (exact) mass is 523 g/mol. The number of phenols is 1. The molecule has 37 heavy (non-hydrogen) atoms. The van der Waals surface area contributed by atoms with Crippen molar-refractivity contribution in [2.45, 2.75) is 19.9 Å². The zero-order valence-electron chi connectivity index (χ0n) is 20.4. The van der Waals surface area contributed by atoms with Gasteiger partial charge in [0.1, 0.15) is 40.0 Å². The van der Waals surface area contributed by atoms with E-state index in [0.29, 0.717) is 5.56 Å². The minimum absolute atomic E-state index is 0.0148. The highest BCUT2D eigenvalue weighted by molar-refractivity contribution is 7.52. The van der Waals surface area contributed by atoms with Crippen molar-refractivity contribution < 1.29 is 32.7 Å². The Morgan fingerprint density at radius 3 is 2.19 bits per heavy atom. The van der Waals surface area contributed by atoms with Crippen molar-refractivity contribution in [3.05, 3.63) is 89.1 Å². The third-order valence-electron chi connectivity index (χ3n) is 5.46. The van der Waals surface area contributed by atoms with Crippen LogP contribution in [0.5, 0.6) is 17.2 Å². The van der Waals surface area contributed by atoms with E-state index in [1.165, 1.54) is 19.2 Å². The van der Waals surface area contributed by atoms with Crippen molar-refractivity contribution in [2.24, 2.45) is 5.92 Å². The van der Waals surface area contributed by atoms with Gasteiger partial charge in [-0.3, -0.25) is 9.59 Å². The van der Waals surface area contributed by atoms with Crippen LogP contribution in [0.4, 0.5) is 0 Å². The number of phenolic OH excluding ortho intramolecular Hbond substituents is 1. The van der Waals surface area contributed by atoms with Crippen LogP contribution < -0.4 is 19.6 Å². The summed E-state index contributed by atoms with van der Waals surface area (Å²) in [6.07, 6.45) is 0. The van der Waals surface area contributed by atoms with Gasteiger partial charge in [-0.05, 0) is 18.1 Å². The molecule has 192 valence electrons. The van der Waals surface area contributed by atoms with Gasteiger partial charge in [0, 0.05) is 23.8 Å². The summed E-state index contributed by atoms with van der Waals surface area (Å²) in [5, 5.41) is 13.2. The molecule has 0 radical (unpaired) electrons. The lowest BCUT2D eigenvalue weighted by Crippen LogP contribution is -2.41. The van der Waals surface area contributed by atoms with Gasteiger partial charge in [-0.1, -0.05) is 62.4 Å². The first-order valence-corrected chi connectivity index (χ1v) is 13.0. The molecule has 1 unspecified atom stereocenters. The van der Waals surface area contributed by atoms with E-state index >= 15 is 0 Å². The molecule has 0 amide bonds. The average Bonchev–Trinajstić information content (AvgIpc) is 2.87. The number of ether oxygens (including phenoxy) is 1. The minimum Gasteiger partial charge on any atom is -0.507 e. The van der Waals surface area contributed by atoms with Gasteiger partial charge >= 0.3 is 13.7 Å². The smallest absolute Gasteiger partial charge is 0.507 e. The summed E-state index contributed by atoms with van der Waals surface area (Å²) in [4.78, 5) is 25.1. The largest absolute Gasteiger partial charge is 0.513 e. The average molecular weight is 523 g/mol. The number of para-hydroxylation sites is 1. The molecule has 2 N–H and O–H groups in total. The van der Waals surface area contributed by atoms with Crippen molar-refractivity contribution in [1.29, 1.82) is 0 Å². The van der Waals surface area contributed by atoms with E-state index < -0.39 is 30.9 Å². The SMILES string of the molecule is COC(=O)[C@@H](NP(=O)(Oc1ccccc1)Oc1cc(O)c2c(=O)cc(-c3ccccc3)oc2c1)C(C)C. The van der Waals surface area contributed by atoms with E-state index in [-0.39, 0.29) is 34.1 Å². The van der Waals surface area contributed by atoms with E-state index in [1.54, 1.807) is 68.4 Å². The Hall–Kier alpha value is -4.07. The van der Waals surface area contributed by atoms with Crippen LogP contribution in [-0.2, 0) is 14.1 Å². The first-order valence-electron chi connectivity index (χ1n) is 11.5. The highest BCUT2D eigenvalue weighted by atomic mass is 31.2. The van der Waals surface area contributed by atoms with Crippen LogP contribution in [-0.4, -0.2) is 24.2 Å². The predicted octanol–water partition coefficient (Wildman–Crippen LogP) is 5.52. The van der Waals surface area contributed by atoms with E-state index in [2.05, 4.69) is 5.09 Å². The fraction of sp³-hybridized carbons (Fsp3) is 0.185. The van der Waals surface area contributed by atoms with Gasteiger partial charge in [0.2, 0.25) is 0 Å². The maximum atomic E-state index is 14.0. The third-order valence-corrected chi connectivity index (χ3v) is 6.95. The van der Waals surface area contributed by atoms with Gasteiger partial charge in [-0.2, -0.15) is 5.09 Å². The second kappa shape index (κ2) is 10.9. The zero-order chi connectivity index (χ0) is 26.6. The Morgan fingerprint density at radius 2 is 1.57 bits per heavy atom. The number of carbonyl (C=O) groups excluding carboxylic acids is 1. The van der Waals surface area contributed by atoms with Crippen molar-refractivity contribution >= 4 is 24.7 Å². The van der Waals surface area contributed by atoms with Crippen molar-refractivity contribution in [2.75, 3.05) is 7.11 Å².